The number of carbonyl (C=O) groups is 1. The number of nitrogens with one attached hydrogen (secondary N) is 1. The highest BCUT2D eigenvalue weighted by Gasteiger charge is 2.24. The number of aliphatic hydroxyl groups is 1. The first-order valence-corrected chi connectivity index (χ1v) is 8.09. The van der Waals surface area contributed by atoms with E-state index >= 15 is 0 Å². The molecular formula is C20H28N2O3. The highest BCUT2D eigenvalue weighted by atomic mass is 16.6. The molecule has 0 fully saturated rings. The lowest BCUT2D eigenvalue weighted by molar-refractivity contribution is 0.0548. The van der Waals surface area contributed by atoms with Gasteiger partial charge in [0, 0.05) is 12.1 Å². The number of amides is 1. The van der Waals surface area contributed by atoms with Crippen LogP contribution in [0.2, 0.25) is 0 Å². The van der Waals surface area contributed by atoms with Crippen LogP contribution in [0.4, 0.5) is 4.79 Å². The van der Waals surface area contributed by atoms with Crippen LogP contribution in [0.25, 0.3) is 0 Å². The van der Waals surface area contributed by atoms with Crippen LogP contribution in [-0.4, -0.2) is 16.8 Å². The summed E-state index contributed by atoms with van der Waals surface area (Å²) in [6.07, 6.45) is 4.43. The van der Waals surface area contributed by atoms with Crippen LogP contribution in [0, 0.1) is 0 Å². The minimum atomic E-state index is -1.08. The summed E-state index contributed by atoms with van der Waals surface area (Å²) in [6.45, 7) is 10.9. The lowest BCUT2D eigenvalue weighted by Gasteiger charge is -2.25. The Morgan fingerprint density at radius 1 is 1.28 bits per heavy atom. The molecule has 0 aliphatic carbocycles. The topological polar surface area (TPSA) is 84.6 Å². The summed E-state index contributed by atoms with van der Waals surface area (Å²) in [5, 5.41) is 13.3. The molecule has 0 bridgehead atoms. The number of rotatable bonds is 6. The van der Waals surface area contributed by atoms with Gasteiger partial charge in [-0.2, -0.15) is 0 Å². The minimum absolute atomic E-state index is 0.305. The van der Waals surface area contributed by atoms with Gasteiger partial charge < -0.3 is 15.6 Å². The van der Waals surface area contributed by atoms with Gasteiger partial charge in [-0.1, -0.05) is 36.9 Å². The van der Waals surface area contributed by atoms with Crippen molar-refractivity contribution >= 4 is 6.09 Å². The quantitative estimate of drug-likeness (QED) is 0.687. The Bertz CT molecular complexity index is 653. The summed E-state index contributed by atoms with van der Waals surface area (Å²) in [6, 6.07) is 9.35. The fraction of sp³-hybridized carbons (Fsp3) is 0.350. The van der Waals surface area contributed by atoms with Crippen molar-refractivity contribution in [3.8, 4) is 0 Å². The molecule has 1 unspecified atom stereocenters. The molecule has 0 aromatic heterocycles. The van der Waals surface area contributed by atoms with E-state index in [1.54, 1.807) is 39.8 Å². The summed E-state index contributed by atoms with van der Waals surface area (Å²) in [5.41, 5.74) is 5.69. The second-order valence-electron chi connectivity index (χ2n) is 7.05. The molecule has 0 saturated carbocycles. The van der Waals surface area contributed by atoms with Gasteiger partial charge in [0.05, 0.1) is 5.60 Å². The van der Waals surface area contributed by atoms with Gasteiger partial charge in [-0.25, -0.2) is 4.79 Å². The van der Waals surface area contributed by atoms with Gasteiger partial charge >= 0.3 is 6.09 Å². The SMILES string of the molecule is C=C(/C=C(\C=C/N)CC(C)(O)c1ccccc1)NC(=O)OC(C)(C)C. The molecule has 1 aromatic rings. The molecule has 1 rings (SSSR count). The fourth-order valence-corrected chi connectivity index (χ4v) is 2.27. The van der Waals surface area contributed by atoms with Crippen molar-refractivity contribution in [2.24, 2.45) is 5.73 Å². The molecule has 0 radical (unpaired) electrons. The van der Waals surface area contributed by atoms with Gasteiger partial charge in [-0.15, -0.1) is 0 Å². The summed E-state index contributed by atoms with van der Waals surface area (Å²) < 4.78 is 5.19. The standard InChI is InChI=1S/C20H28N2O3/c1-15(22-18(23)25-19(2,3)4)13-16(11-12-21)14-20(5,24)17-9-7-6-8-10-17/h6-13,24H,1,14,21H2,2-5H3,(H,22,23)/b12-11-,16-13+. The van der Waals surface area contributed by atoms with Crippen molar-refractivity contribution in [2.45, 2.75) is 45.3 Å². The van der Waals surface area contributed by atoms with Crippen molar-refractivity contribution in [1.82, 2.24) is 5.32 Å². The zero-order valence-corrected chi connectivity index (χ0v) is 15.4. The zero-order chi connectivity index (χ0) is 19.1. The molecule has 5 heteroatoms. The van der Waals surface area contributed by atoms with E-state index < -0.39 is 17.3 Å². The van der Waals surface area contributed by atoms with Crippen molar-refractivity contribution in [3.05, 3.63) is 72.1 Å². The monoisotopic (exact) mass is 344 g/mol. The van der Waals surface area contributed by atoms with E-state index in [-0.39, 0.29) is 0 Å². The van der Waals surface area contributed by atoms with Crippen LogP contribution in [-0.2, 0) is 10.3 Å². The van der Waals surface area contributed by atoms with Crippen molar-refractivity contribution in [1.29, 1.82) is 0 Å². The highest BCUT2D eigenvalue weighted by molar-refractivity contribution is 5.70. The van der Waals surface area contributed by atoms with Crippen LogP contribution in [0.15, 0.2) is 66.5 Å². The van der Waals surface area contributed by atoms with Gasteiger partial charge in [-0.05, 0) is 57.2 Å². The summed E-state index contributed by atoms with van der Waals surface area (Å²) in [7, 11) is 0. The van der Waals surface area contributed by atoms with Gasteiger partial charge in [0.2, 0.25) is 0 Å². The molecule has 0 spiro atoms. The number of carbonyl (C=O) groups excluding carboxylic acids is 1. The van der Waals surface area contributed by atoms with Crippen LogP contribution in [0.3, 0.4) is 0 Å². The van der Waals surface area contributed by atoms with Gasteiger partial charge in [-0.3, -0.25) is 5.32 Å². The first kappa shape index (κ1) is 20.5. The number of ether oxygens (including phenoxy) is 1. The summed E-state index contributed by atoms with van der Waals surface area (Å²) in [5.74, 6) is 0. The third-order valence-electron chi connectivity index (χ3n) is 3.28. The van der Waals surface area contributed by atoms with Crippen molar-refractivity contribution in [3.63, 3.8) is 0 Å². The molecule has 5 nitrogen and oxygen atoms in total. The minimum Gasteiger partial charge on any atom is -0.444 e. The second kappa shape index (κ2) is 8.53. The lowest BCUT2D eigenvalue weighted by Crippen LogP contribution is -2.31. The van der Waals surface area contributed by atoms with E-state index in [0.717, 1.165) is 11.1 Å². The Morgan fingerprint density at radius 2 is 1.88 bits per heavy atom. The van der Waals surface area contributed by atoms with Crippen LogP contribution < -0.4 is 11.1 Å². The average Bonchev–Trinajstić information content (AvgIpc) is 2.45. The number of hydrogen-bond donors (Lipinski definition) is 3. The van der Waals surface area contributed by atoms with E-state index in [1.165, 1.54) is 6.20 Å². The van der Waals surface area contributed by atoms with E-state index in [4.69, 9.17) is 10.5 Å². The molecule has 0 saturated heterocycles. The maximum Gasteiger partial charge on any atom is 0.412 e. The molecule has 25 heavy (non-hydrogen) atoms. The smallest absolute Gasteiger partial charge is 0.412 e. The number of benzene rings is 1. The molecule has 136 valence electrons. The Labute approximate surface area is 149 Å². The lowest BCUT2D eigenvalue weighted by atomic mass is 9.88. The molecule has 1 amide bonds. The van der Waals surface area contributed by atoms with Gasteiger partial charge in [0.1, 0.15) is 5.60 Å². The molecule has 0 aliphatic rings. The van der Waals surface area contributed by atoms with Crippen molar-refractivity contribution < 1.29 is 14.6 Å². The first-order valence-electron chi connectivity index (χ1n) is 8.09. The summed E-state index contributed by atoms with van der Waals surface area (Å²) >= 11 is 0. The first-order chi connectivity index (χ1) is 11.5. The fourth-order valence-electron chi connectivity index (χ4n) is 2.27. The predicted molar refractivity (Wildman–Crippen MR) is 101 cm³/mol. The normalized spacial score (nSPS) is 14.8. The van der Waals surface area contributed by atoms with Crippen molar-refractivity contribution in [2.75, 3.05) is 0 Å². The number of nitrogens with two attached hydrogens (primary N) is 1. The van der Waals surface area contributed by atoms with Crippen LogP contribution in [0.5, 0.6) is 0 Å². The van der Waals surface area contributed by atoms with Crippen LogP contribution >= 0.6 is 0 Å². The Kier molecular flexibility index (Phi) is 7.00. The third kappa shape index (κ3) is 7.72. The van der Waals surface area contributed by atoms with E-state index in [2.05, 4.69) is 11.9 Å². The van der Waals surface area contributed by atoms with E-state index in [9.17, 15) is 9.90 Å². The molecule has 0 aliphatic heterocycles. The zero-order valence-electron chi connectivity index (χ0n) is 15.4. The molecular weight excluding hydrogens is 316 g/mol. The largest absolute Gasteiger partial charge is 0.444 e. The molecule has 1 aromatic carbocycles. The van der Waals surface area contributed by atoms with Crippen LogP contribution in [0.1, 0.15) is 39.7 Å². The number of alkyl carbamates (subject to hydrolysis) is 1. The predicted octanol–water partition coefficient (Wildman–Crippen LogP) is 3.72. The Hall–Kier alpha value is -2.53. The third-order valence-corrected chi connectivity index (χ3v) is 3.28. The summed E-state index contributed by atoms with van der Waals surface area (Å²) in [4.78, 5) is 11.8. The highest BCUT2D eigenvalue weighted by Crippen LogP contribution is 2.28. The maximum atomic E-state index is 11.8. The van der Waals surface area contributed by atoms with E-state index in [0.29, 0.717) is 12.1 Å². The van der Waals surface area contributed by atoms with Gasteiger partial charge in [0.25, 0.3) is 0 Å². The molecule has 1 atom stereocenters. The average molecular weight is 344 g/mol. The number of allylic oxidation sites excluding steroid dienone is 2. The number of hydrogen-bond acceptors (Lipinski definition) is 4. The Morgan fingerprint density at radius 3 is 2.40 bits per heavy atom. The van der Waals surface area contributed by atoms with Gasteiger partial charge in [0.15, 0.2) is 0 Å². The van der Waals surface area contributed by atoms with E-state index in [1.807, 2.05) is 30.3 Å². The second-order valence-corrected chi connectivity index (χ2v) is 7.05. The maximum absolute atomic E-state index is 11.8. The Balaban J connectivity index is 2.87. The molecule has 0 heterocycles. The molecule has 4 N–H and O–H groups in total.